The molecule has 0 heterocycles. The zero-order chi connectivity index (χ0) is 11.3. The van der Waals surface area contributed by atoms with Crippen molar-refractivity contribution in [3.05, 3.63) is 24.3 Å². The van der Waals surface area contributed by atoms with E-state index in [9.17, 15) is 4.57 Å². The van der Waals surface area contributed by atoms with Crippen molar-refractivity contribution in [1.29, 1.82) is 0 Å². The molecule has 0 aliphatic rings. The highest BCUT2D eigenvalue weighted by molar-refractivity contribution is 7.46. The van der Waals surface area contributed by atoms with Gasteiger partial charge >= 0.3 is 7.82 Å². The van der Waals surface area contributed by atoms with Crippen LogP contribution in [0.5, 0.6) is 5.75 Å². The van der Waals surface area contributed by atoms with Crippen LogP contribution >= 0.6 is 7.82 Å². The fraction of sp³-hybridized carbons (Fsp3) is 0.333. The monoisotopic (exact) mass is 231 g/mol. The quantitative estimate of drug-likeness (QED) is 0.675. The van der Waals surface area contributed by atoms with Gasteiger partial charge in [0.2, 0.25) is 0 Å². The van der Waals surface area contributed by atoms with E-state index in [2.05, 4.69) is 16.8 Å². The average molecular weight is 231 g/mol. The molecule has 84 valence electrons. The van der Waals surface area contributed by atoms with E-state index in [4.69, 9.17) is 9.79 Å². The summed E-state index contributed by atoms with van der Waals surface area (Å²) in [5.74, 6) is 0.158. The average Bonchev–Trinajstić information content (AvgIpc) is 2.14. The van der Waals surface area contributed by atoms with Crippen LogP contribution in [0.1, 0.15) is 13.3 Å². The van der Waals surface area contributed by atoms with E-state index in [1.165, 1.54) is 12.1 Å². The minimum atomic E-state index is -4.44. The van der Waals surface area contributed by atoms with Gasteiger partial charge in [-0.2, -0.15) is 0 Å². The summed E-state index contributed by atoms with van der Waals surface area (Å²) in [5, 5.41) is 3.13. The second-order valence-corrected chi connectivity index (χ2v) is 4.20. The fourth-order valence-corrected chi connectivity index (χ4v) is 1.44. The van der Waals surface area contributed by atoms with Crippen molar-refractivity contribution in [2.24, 2.45) is 0 Å². The maximum absolute atomic E-state index is 10.5. The Morgan fingerprint density at radius 2 is 1.93 bits per heavy atom. The molecule has 1 aromatic rings. The van der Waals surface area contributed by atoms with Crippen LogP contribution in [-0.4, -0.2) is 16.3 Å². The van der Waals surface area contributed by atoms with Crippen molar-refractivity contribution >= 4 is 13.5 Å². The molecule has 0 aliphatic heterocycles. The zero-order valence-electron chi connectivity index (χ0n) is 8.38. The van der Waals surface area contributed by atoms with Gasteiger partial charge in [-0.1, -0.05) is 6.92 Å². The topological polar surface area (TPSA) is 78.8 Å². The van der Waals surface area contributed by atoms with Gasteiger partial charge in [0.05, 0.1) is 0 Å². The van der Waals surface area contributed by atoms with Crippen LogP contribution in [0.4, 0.5) is 5.69 Å². The molecule has 1 rings (SSSR count). The van der Waals surface area contributed by atoms with Gasteiger partial charge in [-0.25, -0.2) is 4.57 Å². The predicted octanol–water partition coefficient (Wildman–Crippen LogP) is 1.98. The summed E-state index contributed by atoms with van der Waals surface area (Å²) < 4.78 is 14.9. The number of phosphoric acid groups is 1. The third kappa shape index (κ3) is 4.83. The molecule has 0 saturated carbocycles. The SMILES string of the molecule is CCCNc1ccc(OP(=O)(O)O)cc1. The third-order valence-electron chi connectivity index (χ3n) is 1.66. The van der Waals surface area contributed by atoms with Gasteiger partial charge in [-0.3, -0.25) is 9.79 Å². The fourth-order valence-electron chi connectivity index (χ4n) is 1.04. The largest absolute Gasteiger partial charge is 0.524 e. The van der Waals surface area contributed by atoms with Crippen LogP contribution in [0.2, 0.25) is 0 Å². The summed E-state index contributed by atoms with van der Waals surface area (Å²) in [6.45, 7) is 2.91. The van der Waals surface area contributed by atoms with Crippen molar-refractivity contribution in [1.82, 2.24) is 0 Å². The third-order valence-corrected chi connectivity index (χ3v) is 2.11. The number of nitrogens with one attached hydrogen (secondary N) is 1. The second kappa shape index (κ2) is 5.16. The predicted molar refractivity (Wildman–Crippen MR) is 57.9 cm³/mol. The molecule has 15 heavy (non-hydrogen) atoms. The molecule has 0 aromatic heterocycles. The van der Waals surface area contributed by atoms with Crippen LogP contribution in [0, 0.1) is 0 Å². The molecule has 0 aliphatic carbocycles. The van der Waals surface area contributed by atoms with Crippen LogP contribution in [0.25, 0.3) is 0 Å². The van der Waals surface area contributed by atoms with Gasteiger partial charge in [-0.05, 0) is 30.7 Å². The first-order valence-electron chi connectivity index (χ1n) is 4.60. The van der Waals surface area contributed by atoms with Crippen molar-refractivity contribution in [3.63, 3.8) is 0 Å². The lowest BCUT2D eigenvalue weighted by Gasteiger charge is -2.08. The Bertz CT molecular complexity index is 346. The van der Waals surface area contributed by atoms with E-state index in [0.717, 1.165) is 18.7 Å². The molecular formula is C9H14NO4P. The molecule has 0 bridgehead atoms. The summed E-state index contributed by atoms with van der Waals surface area (Å²) in [6, 6.07) is 6.44. The number of hydrogen-bond acceptors (Lipinski definition) is 3. The Balaban J connectivity index is 2.60. The molecule has 6 heteroatoms. The van der Waals surface area contributed by atoms with Gasteiger partial charge in [0, 0.05) is 12.2 Å². The van der Waals surface area contributed by atoms with Crippen molar-refractivity contribution in [2.45, 2.75) is 13.3 Å². The first-order chi connectivity index (χ1) is 7.01. The summed E-state index contributed by atoms with van der Waals surface area (Å²) >= 11 is 0. The number of hydrogen-bond donors (Lipinski definition) is 3. The summed E-state index contributed by atoms with van der Waals surface area (Å²) in [4.78, 5) is 17.1. The minimum absolute atomic E-state index is 0.158. The Labute approximate surface area is 88.3 Å². The van der Waals surface area contributed by atoms with E-state index in [-0.39, 0.29) is 5.75 Å². The maximum Gasteiger partial charge on any atom is 0.524 e. The second-order valence-electron chi connectivity index (χ2n) is 3.03. The van der Waals surface area contributed by atoms with E-state index < -0.39 is 7.82 Å². The smallest absolute Gasteiger partial charge is 0.404 e. The lowest BCUT2D eigenvalue weighted by Crippen LogP contribution is -1.99. The minimum Gasteiger partial charge on any atom is -0.404 e. The molecule has 1 aromatic carbocycles. The van der Waals surface area contributed by atoms with Crippen LogP contribution in [0.3, 0.4) is 0 Å². The summed E-state index contributed by atoms with van der Waals surface area (Å²) in [7, 11) is -4.44. The highest BCUT2D eigenvalue weighted by atomic mass is 31.2. The van der Waals surface area contributed by atoms with Crippen LogP contribution in [-0.2, 0) is 4.57 Å². The lowest BCUT2D eigenvalue weighted by molar-refractivity contribution is 0.283. The molecule has 0 radical (unpaired) electrons. The molecular weight excluding hydrogens is 217 g/mol. The molecule has 0 fully saturated rings. The molecule has 0 spiro atoms. The van der Waals surface area contributed by atoms with Gasteiger partial charge in [0.1, 0.15) is 5.75 Å². The van der Waals surface area contributed by atoms with Gasteiger partial charge in [0.25, 0.3) is 0 Å². The van der Waals surface area contributed by atoms with Crippen LogP contribution in [0.15, 0.2) is 24.3 Å². The maximum atomic E-state index is 10.5. The molecule has 5 nitrogen and oxygen atoms in total. The number of phosphoric ester groups is 1. The van der Waals surface area contributed by atoms with Gasteiger partial charge < -0.3 is 9.84 Å². The Hall–Kier alpha value is -1.03. The van der Waals surface area contributed by atoms with Crippen molar-refractivity contribution in [3.8, 4) is 5.75 Å². The Kier molecular flexibility index (Phi) is 4.15. The number of rotatable bonds is 5. The Morgan fingerprint density at radius 3 is 2.40 bits per heavy atom. The first-order valence-corrected chi connectivity index (χ1v) is 6.13. The molecule has 0 atom stereocenters. The normalized spacial score (nSPS) is 11.1. The lowest BCUT2D eigenvalue weighted by atomic mass is 10.3. The van der Waals surface area contributed by atoms with Gasteiger partial charge in [-0.15, -0.1) is 0 Å². The van der Waals surface area contributed by atoms with E-state index in [0.29, 0.717) is 0 Å². The highest BCUT2D eigenvalue weighted by Gasteiger charge is 2.15. The van der Waals surface area contributed by atoms with Crippen molar-refractivity contribution < 1.29 is 18.9 Å². The number of benzene rings is 1. The highest BCUT2D eigenvalue weighted by Crippen LogP contribution is 2.37. The standard InChI is InChI=1S/C9H14NO4P/c1-2-7-10-8-3-5-9(6-4-8)14-15(11,12)13/h3-6,10H,2,7H2,1H3,(H2,11,12,13). The van der Waals surface area contributed by atoms with Crippen molar-refractivity contribution in [2.75, 3.05) is 11.9 Å². The van der Waals surface area contributed by atoms with E-state index >= 15 is 0 Å². The summed E-state index contributed by atoms with van der Waals surface area (Å²) in [6.07, 6.45) is 1.01. The molecule has 0 amide bonds. The Morgan fingerprint density at radius 1 is 1.33 bits per heavy atom. The van der Waals surface area contributed by atoms with Crippen LogP contribution < -0.4 is 9.84 Å². The summed E-state index contributed by atoms with van der Waals surface area (Å²) in [5.41, 5.74) is 0.898. The molecule has 0 saturated heterocycles. The zero-order valence-corrected chi connectivity index (χ0v) is 9.28. The molecule has 0 unspecified atom stereocenters. The molecule has 3 N–H and O–H groups in total. The van der Waals surface area contributed by atoms with E-state index in [1.807, 2.05) is 0 Å². The van der Waals surface area contributed by atoms with Gasteiger partial charge in [0.15, 0.2) is 0 Å². The van der Waals surface area contributed by atoms with E-state index in [1.54, 1.807) is 12.1 Å². The number of anilines is 1. The first kappa shape index (κ1) is 12.0.